The summed E-state index contributed by atoms with van der Waals surface area (Å²) in [5.74, 6) is 0.406. The van der Waals surface area contributed by atoms with Gasteiger partial charge < -0.3 is 14.5 Å². The third-order valence-electron chi connectivity index (χ3n) is 3.66. The van der Waals surface area contributed by atoms with E-state index >= 15 is 0 Å². The zero-order valence-electron chi connectivity index (χ0n) is 13.5. The smallest absolute Gasteiger partial charge is 0.281 e. The van der Waals surface area contributed by atoms with Gasteiger partial charge in [0.05, 0.1) is 25.1 Å². The number of para-hydroxylation sites is 1. The largest absolute Gasteiger partial charge is 0.493 e. The molecule has 128 valence electrons. The van der Waals surface area contributed by atoms with Gasteiger partial charge in [-0.15, -0.1) is 0 Å². The Kier molecular flexibility index (Phi) is 4.53. The van der Waals surface area contributed by atoms with E-state index in [1.54, 1.807) is 36.4 Å². The zero-order chi connectivity index (χ0) is 18.0. The lowest BCUT2D eigenvalue weighted by atomic mass is 10.2. The minimum Gasteiger partial charge on any atom is -0.493 e. The fraction of sp³-hybridized carbons (Fsp3) is 0.118. The van der Waals surface area contributed by atoms with E-state index in [0.29, 0.717) is 28.0 Å². The Labute approximate surface area is 147 Å². The van der Waals surface area contributed by atoms with E-state index in [1.165, 1.54) is 20.3 Å². The van der Waals surface area contributed by atoms with Gasteiger partial charge in [-0.05, 0) is 42.5 Å². The Balaban J connectivity index is 2.00. The molecule has 0 aliphatic carbocycles. The first kappa shape index (κ1) is 16.7. The molecule has 2 N–H and O–H groups in total. The number of rotatable bonds is 4. The van der Waals surface area contributed by atoms with Gasteiger partial charge in [-0.1, -0.05) is 12.1 Å². The van der Waals surface area contributed by atoms with Gasteiger partial charge in [0, 0.05) is 5.56 Å². The van der Waals surface area contributed by atoms with E-state index in [0.717, 1.165) is 4.68 Å². The first-order valence-electron chi connectivity index (χ1n) is 7.32. The summed E-state index contributed by atoms with van der Waals surface area (Å²) in [4.78, 5) is 28.0. The Morgan fingerprint density at radius 3 is 2.56 bits per heavy atom. The molecule has 0 saturated heterocycles. The molecule has 0 atom stereocenters. The second kappa shape index (κ2) is 6.78. The van der Waals surface area contributed by atoms with Crippen LogP contribution in [0.15, 0.2) is 47.3 Å². The van der Waals surface area contributed by atoms with Crippen molar-refractivity contribution in [1.82, 2.24) is 9.66 Å². The van der Waals surface area contributed by atoms with Crippen molar-refractivity contribution in [3.05, 3.63) is 63.2 Å². The standard InChI is InChI=1S/C17H15N3O4S/c1-23-13-8-7-10(9-14(13)24-2)15(21)19-20-16(22)11-5-3-4-6-12(11)18-17(20)25/h3-9H,1-2H3,(H,18,25)(H,19,21). The van der Waals surface area contributed by atoms with Gasteiger partial charge in [-0.25, -0.2) is 0 Å². The average molecular weight is 357 g/mol. The maximum absolute atomic E-state index is 12.6. The molecular weight excluding hydrogens is 342 g/mol. The summed E-state index contributed by atoms with van der Waals surface area (Å²) in [5.41, 5.74) is 3.00. The minimum absolute atomic E-state index is 0.0949. The highest BCUT2D eigenvalue weighted by Crippen LogP contribution is 2.27. The number of carbonyl (C=O) groups excluding carboxylic acids is 1. The number of fused-ring (bicyclic) bond motifs is 1. The van der Waals surface area contributed by atoms with Crippen LogP contribution in [-0.2, 0) is 0 Å². The molecule has 1 aromatic heterocycles. The van der Waals surface area contributed by atoms with Gasteiger partial charge in [0.15, 0.2) is 16.3 Å². The Morgan fingerprint density at radius 2 is 1.84 bits per heavy atom. The molecule has 0 fully saturated rings. The van der Waals surface area contributed by atoms with Crippen LogP contribution in [0.3, 0.4) is 0 Å². The summed E-state index contributed by atoms with van der Waals surface area (Å²) >= 11 is 5.17. The number of carbonyl (C=O) groups is 1. The molecular formula is C17H15N3O4S. The third kappa shape index (κ3) is 3.11. The highest BCUT2D eigenvalue weighted by molar-refractivity contribution is 7.71. The molecule has 0 unspecified atom stereocenters. The van der Waals surface area contributed by atoms with Crippen molar-refractivity contribution in [2.75, 3.05) is 19.6 Å². The minimum atomic E-state index is -0.502. The first-order chi connectivity index (χ1) is 12.0. The van der Waals surface area contributed by atoms with Crippen LogP contribution in [0.25, 0.3) is 10.9 Å². The van der Waals surface area contributed by atoms with Crippen molar-refractivity contribution in [2.45, 2.75) is 0 Å². The molecule has 0 aliphatic rings. The monoisotopic (exact) mass is 357 g/mol. The molecule has 25 heavy (non-hydrogen) atoms. The summed E-state index contributed by atoms with van der Waals surface area (Å²) in [7, 11) is 2.98. The second-order valence-electron chi connectivity index (χ2n) is 5.13. The van der Waals surface area contributed by atoms with Crippen molar-refractivity contribution >= 4 is 29.0 Å². The molecule has 3 rings (SSSR count). The van der Waals surface area contributed by atoms with Crippen molar-refractivity contribution in [1.29, 1.82) is 0 Å². The number of aromatic amines is 1. The number of benzene rings is 2. The van der Waals surface area contributed by atoms with Crippen LogP contribution >= 0.6 is 12.2 Å². The number of H-pyrrole nitrogens is 1. The number of ether oxygens (including phenoxy) is 2. The Morgan fingerprint density at radius 1 is 1.12 bits per heavy atom. The van der Waals surface area contributed by atoms with E-state index in [9.17, 15) is 9.59 Å². The van der Waals surface area contributed by atoms with Crippen LogP contribution in [0.2, 0.25) is 0 Å². The number of methoxy groups -OCH3 is 2. The zero-order valence-corrected chi connectivity index (χ0v) is 14.3. The molecule has 0 radical (unpaired) electrons. The summed E-state index contributed by atoms with van der Waals surface area (Å²) < 4.78 is 11.4. The lowest BCUT2D eigenvalue weighted by Crippen LogP contribution is -2.34. The predicted molar refractivity (Wildman–Crippen MR) is 96.6 cm³/mol. The SMILES string of the molecule is COc1ccc(C(=O)Nn2c(=S)[nH]c3ccccc3c2=O)cc1OC. The second-order valence-corrected chi connectivity index (χ2v) is 5.51. The lowest BCUT2D eigenvalue weighted by molar-refractivity contribution is 0.101. The fourth-order valence-electron chi connectivity index (χ4n) is 2.41. The summed E-state index contributed by atoms with van der Waals surface area (Å²) in [6.45, 7) is 0. The van der Waals surface area contributed by atoms with E-state index in [-0.39, 0.29) is 4.77 Å². The predicted octanol–water partition coefficient (Wildman–Crippen LogP) is 2.46. The number of hydrogen-bond donors (Lipinski definition) is 2. The van der Waals surface area contributed by atoms with Gasteiger partial charge in [0.1, 0.15) is 0 Å². The van der Waals surface area contributed by atoms with Crippen molar-refractivity contribution in [3.8, 4) is 11.5 Å². The average Bonchev–Trinajstić information content (AvgIpc) is 2.64. The molecule has 1 amide bonds. The van der Waals surface area contributed by atoms with Crippen LogP contribution in [0.4, 0.5) is 0 Å². The number of nitrogens with one attached hydrogen (secondary N) is 2. The van der Waals surface area contributed by atoms with Crippen LogP contribution < -0.4 is 20.5 Å². The van der Waals surface area contributed by atoms with Gasteiger partial charge in [0.2, 0.25) is 0 Å². The number of nitrogens with zero attached hydrogens (tertiary/aromatic N) is 1. The van der Waals surface area contributed by atoms with Crippen molar-refractivity contribution in [2.24, 2.45) is 0 Å². The number of hydrogen-bond acceptors (Lipinski definition) is 5. The van der Waals surface area contributed by atoms with E-state index in [2.05, 4.69) is 10.4 Å². The van der Waals surface area contributed by atoms with Crippen LogP contribution in [0, 0.1) is 4.77 Å². The van der Waals surface area contributed by atoms with Gasteiger partial charge in [-0.3, -0.25) is 15.0 Å². The molecule has 0 aliphatic heterocycles. The molecule has 0 saturated carbocycles. The van der Waals surface area contributed by atoms with Crippen LogP contribution in [0.1, 0.15) is 10.4 Å². The van der Waals surface area contributed by atoms with Crippen LogP contribution in [-0.4, -0.2) is 29.8 Å². The maximum atomic E-state index is 12.6. The molecule has 1 heterocycles. The van der Waals surface area contributed by atoms with Gasteiger partial charge in [-0.2, -0.15) is 4.68 Å². The normalized spacial score (nSPS) is 10.5. The Bertz CT molecular complexity index is 1070. The van der Waals surface area contributed by atoms with Gasteiger partial charge in [0.25, 0.3) is 11.5 Å². The Hall–Kier alpha value is -3.13. The number of aromatic nitrogens is 2. The van der Waals surface area contributed by atoms with E-state index < -0.39 is 11.5 Å². The summed E-state index contributed by atoms with van der Waals surface area (Å²) in [6, 6.07) is 11.6. The van der Waals surface area contributed by atoms with Gasteiger partial charge >= 0.3 is 0 Å². The third-order valence-corrected chi connectivity index (χ3v) is 3.95. The van der Waals surface area contributed by atoms with Crippen LogP contribution in [0.5, 0.6) is 11.5 Å². The number of amides is 1. The maximum Gasteiger partial charge on any atom is 0.281 e. The van der Waals surface area contributed by atoms with E-state index in [1.807, 2.05) is 0 Å². The molecule has 0 spiro atoms. The molecule has 2 aromatic carbocycles. The first-order valence-corrected chi connectivity index (χ1v) is 7.73. The quantitative estimate of drug-likeness (QED) is 0.701. The topological polar surface area (TPSA) is 85.4 Å². The molecule has 7 nitrogen and oxygen atoms in total. The summed E-state index contributed by atoms with van der Waals surface area (Å²) in [5, 5.41) is 0.420. The highest BCUT2D eigenvalue weighted by Gasteiger charge is 2.13. The summed E-state index contributed by atoms with van der Waals surface area (Å²) in [6.07, 6.45) is 0. The van der Waals surface area contributed by atoms with Crippen molar-refractivity contribution in [3.63, 3.8) is 0 Å². The molecule has 8 heteroatoms. The highest BCUT2D eigenvalue weighted by atomic mass is 32.1. The fourth-order valence-corrected chi connectivity index (χ4v) is 2.65. The lowest BCUT2D eigenvalue weighted by Gasteiger charge is -2.12. The van der Waals surface area contributed by atoms with Crippen molar-refractivity contribution < 1.29 is 14.3 Å². The van der Waals surface area contributed by atoms with E-state index in [4.69, 9.17) is 21.7 Å². The molecule has 3 aromatic rings. The molecule has 0 bridgehead atoms.